The third-order valence-electron chi connectivity index (χ3n) is 0.202. The fourth-order valence-corrected chi connectivity index (χ4v) is 0.0430. The molecule has 2 nitrogen and oxygen atoms in total. The first-order chi connectivity index (χ1) is 2.41. The van der Waals surface area contributed by atoms with Crippen LogP contribution in [0.2, 0.25) is 0 Å². The van der Waals surface area contributed by atoms with Gasteiger partial charge in [-0.15, -0.1) is 0 Å². The third kappa shape index (κ3) is 3.50. The van der Waals surface area contributed by atoms with Gasteiger partial charge in [0.15, 0.2) is 0 Å². The Morgan fingerprint density at radius 1 is 1.80 bits per heavy atom. The van der Waals surface area contributed by atoms with Gasteiger partial charge in [0.05, 0.1) is 6.26 Å². The van der Waals surface area contributed by atoms with E-state index in [4.69, 9.17) is 5.11 Å². The minimum absolute atomic E-state index is 0.337. The molecule has 0 bridgehead atoms. The van der Waals surface area contributed by atoms with E-state index in [1.807, 2.05) is 0 Å². The summed E-state index contributed by atoms with van der Waals surface area (Å²) in [7, 11) is 0. The summed E-state index contributed by atoms with van der Waals surface area (Å²) in [5.41, 5.74) is 0. The van der Waals surface area contributed by atoms with Crippen LogP contribution in [0.25, 0.3) is 0 Å². The molecule has 0 atom stereocenters. The summed E-state index contributed by atoms with van der Waals surface area (Å²) in [6.45, 7) is -0.337. The molecule has 0 aromatic carbocycles. The highest BCUT2D eigenvalue weighted by Gasteiger charge is 1.57. The van der Waals surface area contributed by atoms with Crippen LogP contribution in [0.3, 0.4) is 0 Å². The predicted molar refractivity (Wildman–Crippen MR) is 17.3 cm³/mol. The van der Waals surface area contributed by atoms with Gasteiger partial charge in [-0.25, -0.2) is 5.11 Å². The lowest BCUT2D eigenvalue weighted by Crippen LogP contribution is -1.63. The Balaban J connectivity index is 2.62. The summed E-state index contributed by atoms with van der Waals surface area (Å²) >= 11 is 0. The van der Waals surface area contributed by atoms with E-state index in [1.165, 1.54) is 0 Å². The first-order valence-corrected chi connectivity index (χ1v) is 1.29. The van der Waals surface area contributed by atoms with Crippen molar-refractivity contribution >= 4 is 0 Å². The van der Waals surface area contributed by atoms with Gasteiger partial charge in [0, 0.05) is 0 Å². The lowest BCUT2D eigenvalue weighted by molar-refractivity contribution is 0.230. The first-order valence-electron chi connectivity index (χ1n) is 1.29. The molecule has 0 unspecified atom stereocenters. The summed E-state index contributed by atoms with van der Waals surface area (Å²) in [6, 6.07) is 0. The monoisotopic (exact) mass is 73.0 g/mol. The van der Waals surface area contributed by atoms with E-state index in [-0.39, 0.29) is 6.61 Å². The van der Waals surface area contributed by atoms with Crippen LogP contribution in [0.4, 0.5) is 0 Å². The molecule has 5 heavy (non-hydrogen) atoms. The van der Waals surface area contributed by atoms with Gasteiger partial charge in [0.25, 0.3) is 0 Å². The highest BCUT2D eigenvalue weighted by molar-refractivity contribution is 4.67. The summed E-state index contributed by atoms with van der Waals surface area (Å²) in [5.74, 6) is 0. The average Bonchev–Trinajstić information content (AvgIpc) is 1.41. The van der Waals surface area contributed by atoms with Gasteiger partial charge in [-0.1, -0.05) is 0 Å². The zero-order valence-electron chi connectivity index (χ0n) is 2.72. The Hall–Kier alpha value is -0.500. The molecule has 0 aliphatic rings. The SMILES string of the molecule is [O]C/C=C/O. The molecule has 0 fully saturated rings. The van der Waals surface area contributed by atoms with E-state index in [0.29, 0.717) is 0 Å². The number of hydrogen-bond acceptors (Lipinski definition) is 1. The molecule has 29 valence electrons. The zero-order chi connectivity index (χ0) is 4.12. The van der Waals surface area contributed by atoms with Gasteiger partial charge in [-0.3, -0.25) is 0 Å². The Kier molecular flexibility index (Phi) is 3.15. The van der Waals surface area contributed by atoms with Crippen molar-refractivity contribution in [3.8, 4) is 0 Å². The fraction of sp³-hybridized carbons (Fsp3) is 0.333. The maximum Gasteiger partial charge on any atom is 0.104 e. The maximum absolute atomic E-state index is 9.28. The zero-order valence-corrected chi connectivity index (χ0v) is 2.72. The van der Waals surface area contributed by atoms with E-state index in [9.17, 15) is 5.11 Å². The van der Waals surface area contributed by atoms with Gasteiger partial charge in [-0.2, -0.15) is 0 Å². The van der Waals surface area contributed by atoms with Crippen LogP contribution in [0.5, 0.6) is 0 Å². The summed E-state index contributed by atoms with van der Waals surface area (Å²) in [5, 5.41) is 17.0. The van der Waals surface area contributed by atoms with Gasteiger partial charge in [0.2, 0.25) is 0 Å². The molecule has 0 rings (SSSR count). The van der Waals surface area contributed by atoms with Crippen molar-refractivity contribution in [3.05, 3.63) is 12.3 Å². The largest absolute Gasteiger partial charge is 0.516 e. The smallest absolute Gasteiger partial charge is 0.104 e. The molecule has 1 radical (unpaired) electrons. The summed E-state index contributed by atoms with van der Waals surface area (Å²) < 4.78 is 0. The number of rotatable bonds is 1. The second-order valence-corrected chi connectivity index (χ2v) is 0.551. The fourth-order valence-electron chi connectivity index (χ4n) is 0.0430. The number of hydrogen-bond donors (Lipinski definition) is 1. The Bertz CT molecular complexity index is 31.9. The van der Waals surface area contributed by atoms with Crippen molar-refractivity contribution in [2.24, 2.45) is 0 Å². The lowest BCUT2D eigenvalue weighted by atomic mass is 10.7. The summed E-state index contributed by atoms with van der Waals surface area (Å²) in [4.78, 5) is 0. The van der Waals surface area contributed by atoms with Crippen molar-refractivity contribution < 1.29 is 10.2 Å². The molecule has 0 aromatic rings. The molecule has 0 aliphatic carbocycles. The minimum Gasteiger partial charge on any atom is -0.516 e. The van der Waals surface area contributed by atoms with Gasteiger partial charge in [-0.05, 0) is 6.08 Å². The molecule has 0 aliphatic heterocycles. The molecular formula is C3H5O2. The minimum atomic E-state index is -0.337. The first kappa shape index (κ1) is 4.50. The number of aliphatic hydroxyl groups excluding tert-OH is 1. The van der Waals surface area contributed by atoms with Crippen LogP contribution in [-0.4, -0.2) is 11.7 Å². The molecule has 0 heterocycles. The quantitative estimate of drug-likeness (QED) is 0.451. The predicted octanol–water partition coefficient (Wildman–Crippen LogP) is 0.489. The highest BCUT2D eigenvalue weighted by Crippen LogP contribution is 1.57. The molecule has 0 amide bonds. The number of aliphatic hydroxyl groups is 1. The highest BCUT2D eigenvalue weighted by atomic mass is 16.3. The molecule has 2 heteroatoms. The van der Waals surface area contributed by atoms with E-state index in [2.05, 4.69) is 0 Å². The average molecular weight is 73.1 g/mol. The standard InChI is InChI=1S/C3H5O2/c4-2-1-3-5/h1-2,4H,3H2/b2-1+. The van der Waals surface area contributed by atoms with Crippen molar-refractivity contribution in [1.82, 2.24) is 0 Å². The van der Waals surface area contributed by atoms with Crippen molar-refractivity contribution in [1.29, 1.82) is 0 Å². The van der Waals surface area contributed by atoms with Gasteiger partial charge in [0.1, 0.15) is 6.61 Å². The van der Waals surface area contributed by atoms with Crippen LogP contribution < -0.4 is 0 Å². The molecular weight excluding hydrogens is 68.0 g/mol. The molecule has 0 saturated carbocycles. The lowest BCUT2D eigenvalue weighted by Gasteiger charge is -1.63. The molecule has 0 spiro atoms. The summed E-state index contributed by atoms with van der Waals surface area (Å²) in [6.07, 6.45) is 1.87. The van der Waals surface area contributed by atoms with Crippen LogP contribution in [-0.2, 0) is 5.11 Å². The Morgan fingerprint density at radius 2 is 2.40 bits per heavy atom. The van der Waals surface area contributed by atoms with E-state index < -0.39 is 0 Å². The Labute approximate surface area is 30.4 Å². The Morgan fingerprint density at radius 3 is 2.40 bits per heavy atom. The third-order valence-corrected chi connectivity index (χ3v) is 0.202. The molecule has 0 aromatic heterocycles. The second kappa shape index (κ2) is 3.50. The van der Waals surface area contributed by atoms with E-state index >= 15 is 0 Å². The van der Waals surface area contributed by atoms with Crippen molar-refractivity contribution in [2.75, 3.05) is 6.61 Å². The normalized spacial score (nSPS) is 9.80. The van der Waals surface area contributed by atoms with Gasteiger partial charge < -0.3 is 5.11 Å². The van der Waals surface area contributed by atoms with Crippen LogP contribution in [0.1, 0.15) is 0 Å². The van der Waals surface area contributed by atoms with E-state index in [1.54, 1.807) is 0 Å². The molecule has 0 saturated heterocycles. The van der Waals surface area contributed by atoms with Gasteiger partial charge >= 0.3 is 0 Å². The maximum atomic E-state index is 9.28. The second-order valence-electron chi connectivity index (χ2n) is 0.551. The van der Waals surface area contributed by atoms with Crippen molar-refractivity contribution in [2.45, 2.75) is 0 Å². The van der Waals surface area contributed by atoms with Crippen molar-refractivity contribution in [3.63, 3.8) is 0 Å². The van der Waals surface area contributed by atoms with Crippen LogP contribution in [0, 0.1) is 0 Å². The molecule has 1 N–H and O–H groups in total. The van der Waals surface area contributed by atoms with E-state index in [0.717, 1.165) is 12.3 Å². The van der Waals surface area contributed by atoms with Crippen LogP contribution >= 0.6 is 0 Å². The van der Waals surface area contributed by atoms with Crippen LogP contribution in [0.15, 0.2) is 12.3 Å². The topological polar surface area (TPSA) is 40.1 Å².